The number of ether oxygens (including phenoxy) is 2. The lowest BCUT2D eigenvalue weighted by atomic mass is 10.3. The molecule has 0 aliphatic heterocycles. The minimum atomic E-state index is 0.243. The number of nitrogens with two attached hydrogens (primary N) is 1. The van der Waals surface area contributed by atoms with Crippen LogP contribution < -0.4 is 15.2 Å². The molecule has 0 fully saturated rings. The number of rotatable bonds is 3. The third-order valence-electron chi connectivity index (χ3n) is 2.12. The van der Waals surface area contributed by atoms with Gasteiger partial charge < -0.3 is 15.2 Å². The van der Waals surface area contributed by atoms with Crippen molar-refractivity contribution in [1.29, 1.82) is 0 Å². The van der Waals surface area contributed by atoms with Gasteiger partial charge in [0.15, 0.2) is 0 Å². The molecule has 0 aliphatic carbocycles. The van der Waals surface area contributed by atoms with Crippen LogP contribution >= 0.6 is 23.2 Å². The van der Waals surface area contributed by atoms with Crippen molar-refractivity contribution in [2.24, 2.45) is 0 Å². The first-order valence-corrected chi connectivity index (χ1v) is 5.78. The summed E-state index contributed by atoms with van der Waals surface area (Å²) in [6, 6.07) is 8.14. The summed E-state index contributed by atoms with van der Waals surface area (Å²) in [6.07, 6.45) is 0. The number of nitrogen functional groups attached to an aromatic ring is 1. The van der Waals surface area contributed by atoms with Gasteiger partial charge in [-0.3, -0.25) is 0 Å². The Balaban J connectivity index is 2.33. The Hall–Kier alpha value is -1.65. The standard InChI is InChI=1S/C12H10Cl2N2O2/c1-17-11-3-2-10(15)12(16-11)18-9-5-7(13)4-8(14)6-9/h2-6H,15H2,1H3. The first-order valence-electron chi connectivity index (χ1n) is 5.03. The van der Waals surface area contributed by atoms with Crippen LogP contribution in [-0.4, -0.2) is 12.1 Å². The van der Waals surface area contributed by atoms with Crippen molar-refractivity contribution in [2.75, 3.05) is 12.8 Å². The maximum absolute atomic E-state index is 5.87. The van der Waals surface area contributed by atoms with Crippen LogP contribution in [0.25, 0.3) is 0 Å². The highest BCUT2D eigenvalue weighted by atomic mass is 35.5. The second kappa shape index (κ2) is 5.33. The first kappa shape index (κ1) is 12.8. The van der Waals surface area contributed by atoms with Gasteiger partial charge in [-0.05, 0) is 24.3 Å². The average molecular weight is 285 g/mol. The highest BCUT2D eigenvalue weighted by Gasteiger charge is 2.07. The number of hydrogen-bond acceptors (Lipinski definition) is 4. The number of anilines is 1. The smallest absolute Gasteiger partial charge is 0.246 e. The van der Waals surface area contributed by atoms with Crippen molar-refractivity contribution in [1.82, 2.24) is 4.98 Å². The SMILES string of the molecule is COc1ccc(N)c(Oc2cc(Cl)cc(Cl)c2)n1. The molecular formula is C12H10Cl2N2O2. The predicted molar refractivity (Wildman–Crippen MR) is 71.7 cm³/mol. The minimum absolute atomic E-state index is 0.243. The molecule has 0 unspecified atom stereocenters. The van der Waals surface area contributed by atoms with Crippen LogP contribution in [-0.2, 0) is 0 Å². The van der Waals surface area contributed by atoms with Gasteiger partial charge in [-0.25, -0.2) is 0 Å². The fraction of sp³-hybridized carbons (Fsp3) is 0.0833. The molecule has 0 bridgehead atoms. The molecule has 0 radical (unpaired) electrons. The molecule has 2 N–H and O–H groups in total. The van der Waals surface area contributed by atoms with Gasteiger partial charge in [0.2, 0.25) is 11.8 Å². The summed E-state index contributed by atoms with van der Waals surface area (Å²) < 4.78 is 10.5. The predicted octanol–water partition coefficient (Wildman–Crippen LogP) is 3.77. The molecule has 2 aromatic rings. The summed E-state index contributed by atoms with van der Waals surface area (Å²) in [5.74, 6) is 1.11. The van der Waals surface area contributed by atoms with Gasteiger partial charge in [0.1, 0.15) is 5.75 Å². The van der Waals surface area contributed by atoms with E-state index >= 15 is 0 Å². The number of methoxy groups -OCH3 is 1. The van der Waals surface area contributed by atoms with Crippen molar-refractivity contribution < 1.29 is 9.47 Å². The Morgan fingerprint density at radius 2 is 1.78 bits per heavy atom. The van der Waals surface area contributed by atoms with Crippen LogP contribution in [0.5, 0.6) is 17.5 Å². The molecule has 18 heavy (non-hydrogen) atoms. The van der Waals surface area contributed by atoms with E-state index in [1.165, 1.54) is 7.11 Å². The molecule has 0 atom stereocenters. The van der Waals surface area contributed by atoms with Crippen molar-refractivity contribution in [3.8, 4) is 17.5 Å². The third kappa shape index (κ3) is 2.97. The van der Waals surface area contributed by atoms with Gasteiger partial charge in [-0.2, -0.15) is 4.98 Å². The molecule has 0 amide bonds. The van der Waals surface area contributed by atoms with Crippen LogP contribution in [0, 0.1) is 0 Å². The van der Waals surface area contributed by atoms with E-state index in [1.807, 2.05) is 0 Å². The number of halogens is 2. The van der Waals surface area contributed by atoms with E-state index in [4.69, 9.17) is 38.4 Å². The molecule has 6 heteroatoms. The minimum Gasteiger partial charge on any atom is -0.481 e. The van der Waals surface area contributed by atoms with Gasteiger partial charge in [0, 0.05) is 16.1 Å². The van der Waals surface area contributed by atoms with E-state index in [0.29, 0.717) is 27.4 Å². The lowest BCUT2D eigenvalue weighted by molar-refractivity contribution is 0.384. The summed E-state index contributed by atoms with van der Waals surface area (Å²) in [6.45, 7) is 0. The molecule has 2 rings (SSSR count). The second-order valence-electron chi connectivity index (χ2n) is 3.46. The molecule has 1 aromatic carbocycles. The monoisotopic (exact) mass is 284 g/mol. The summed E-state index contributed by atoms with van der Waals surface area (Å²) in [5, 5.41) is 0.943. The van der Waals surface area contributed by atoms with Crippen LogP contribution in [0.1, 0.15) is 0 Å². The van der Waals surface area contributed by atoms with Crippen LogP contribution in [0.2, 0.25) is 10.0 Å². The fourth-order valence-corrected chi connectivity index (χ4v) is 1.83. The molecule has 4 nitrogen and oxygen atoms in total. The topological polar surface area (TPSA) is 57.4 Å². The zero-order valence-electron chi connectivity index (χ0n) is 9.48. The van der Waals surface area contributed by atoms with Gasteiger partial charge in [-0.1, -0.05) is 23.2 Å². The summed E-state index contributed by atoms with van der Waals surface area (Å²) in [7, 11) is 1.51. The molecule has 0 saturated carbocycles. The maximum Gasteiger partial charge on any atom is 0.246 e. The Morgan fingerprint density at radius 1 is 1.11 bits per heavy atom. The van der Waals surface area contributed by atoms with Crippen molar-refractivity contribution in [3.05, 3.63) is 40.4 Å². The molecule has 0 saturated heterocycles. The average Bonchev–Trinajstić information content (AvgIpc) is 2.30. The quantitative estimate of drug-likeness (QED) is 0.932. The molecule has 1 aromatic heterocycles. The van der Waals surface area contributed by atoms with E-state index in [0.717, 1.165) is 0 Å². The van der Waals surface area contributed by atoms with Crippen LogP contribution in [0.15, 0.2) is 30.3 Å². The molecular weight excluding hydrogens is 275 g/mol. The molecule has 94 valence electrons. The van der Waals surface area contributed by atoms with Gasteiger partial charge in [-0.15, -0.1) is 0 Å². The second-order valence-corrected chi connectivity index (χ2v) is 4.33. The van der Waals surface area contributed by atoms with E-state index in [-0.39, 0.29) is 5.88 Å². The van der Waals surface area contributed by atoms with E-state index < -0.39 is 0 Å². The number of aromatic nitrogens is 1. The normalized spacial score (nSPS) is 10.2. The lowest BCUT2D eigenvalue weighted by Crippen LogP contribution is -1.97. The summed E-state index contributed by atoms with van der Waals surface area (Å²) in [5.41, 5.74) is 6.15. The Bertz CT molecular complexity index is 556. The van der Waals surface area contributed by atoms with Crippen molar-refractivity contribution in [2.45, 2.75) is 0 Å². The van der Waals surface area contributed by atoms with E-state index in [9.17, 15) is 0 Å². The largest absolute Gasteiger partial charge is 0.481 e. The maximum atomic E-state index is 5.87. The molecule has 0 aliphatic rings. The van der Waals surface area contributed by atoms with Crippen LogP contribution in [0.4, 0.5) is 5.69 Å². The number of benzene rings is 1. The fourth-order valence-electron chi connectivity index (χ4n) is 1.33. The van der Waals surface area contributed by atoms with Crippen LogP contribution in [0.3, 0.4) is 0 Å². The Kier molecular flexibility index (Phi) is 3.79. The first-order chi connectivity index (χ1) is 8.58. The highest BCUT2D eigenvalue weighted by molar-refractivity contribution is 6.34. The zero-order valence-corrected chi connectivity index (χ0v) is 11.0. The van der Waals surface area contributed by atoms with Crippen molar-refractivity contribution >= 4 is 28.9 Å². The van der Waals surface area contributed by atoms with Gasteiger partial charge >= 0.3 is 0 Å². The third-order valence-corrected chi connectivity index (χ3v) is 2.56. The van der Waals surface area contributed by atoms with E-state index in [2.05, 4.69) is 4.98 Å². The molecule has 0 spiro atoms. The molecule has 1 heterocycles. The zero-order chi connectivity index (χ0) is 13.1. The number of nitrogens with zero attached hydrogens (tertiary/aromatic N) is 1. The lowest BCUT2D eigenvalue weighted by Gasteiger charge is -2.09. The Labute approximate surface area is 114 Å². The van der Waals surface area contributed by atoms with Gasteiger partial charge in [0.05, 0.1) is 12.8 Å². The van der Waals surface area contributed by atoms with Gasteiger partial charge in [0.25, 0.3) is 0 Å². The van der Waals surface area contributed by atoms with E-state index in [1.54, 1.807) is 30.3 Å². The number of pyridine rings is 1. The highest BCUT2D eigenvalue weighted by Crippen LogP contribution is 2.31. The van der Waals surface area contributed by atoms with Crippen molar-refractivity contribution in [3.63, 3.8) is 0 Å². The number of hydrogen-bond donors (Lipinski definition) is 1. The Morgan fingerprint density at radius 3 is 2.39 bits per heavy atom. The summed E-state index contributed by atoms with van der Waals surface area (Å²) >= 11 is 11.7. The summed E-state index contributed by atoms with van der Waals surface area (Å²) in [4.78, 5) is 4.09.